The van der Waals surface area contributed by atoms with Gasteiger partial charge in [0.25, 0.3) is 11.6 Å². The first-order valence-corrected chi connectivity index (χ1v) is 8.81. The summed E-state index contributed by atoms with van der Waals surface area (Å²) in [6, 6.07) is 9.54. The van der Waals surface area contributed by atoms with E-state index in [4.69, 9.17) is 9.84 Å². The summed E-state index contributed by atoms with van der Waals surface area (Å²) < 4.78 is 6.92. The van der Waals surface area contributed by atoms with Crippen molar-refractivity contribution in [1.82, 2.24) is 9.78 Å². The number of carboxylic acids is 1. The molecule has 1 amide bonds. The highest BCUT2D eigenvalue weighted by Crippen LogP contribution is 2.31. The number of nitrogens with one attached hydrogen (secondary N) is 1. The molecule has 0 atom stereocenters. The van der Waals surface area contributed by atoms with Gasteiger partial charge in [-0.25, -0.2) is 0 Å². The predicted molar refractivity (Wildman–Crippen MR) is 107 cm³/mol. The molecule has 0 radical (unpaired) electrons. The minimum Gasteiger partial charge on any atom is -0.480 e. The van der Waals surface area contributed by atoms with Gasteiger partial charge in [0.15, 0.2) is 0 Å². The van der Waals surface area contributed by atoms with Gasteiger partial charge in [-0.1, -0.05) is 12.1 Å². The molecule has 0 saturated heterocycles. The molecule has 0 aliphatic rings. The van der Waals surface area contributed by atoms with E-state index in [1.54, 1.807) is 0 Å². The number of carbonyl (C=O) groups excluding carboxylic acids is 1. The van der Waals surface area contributed by atoms with Gasteiger partial charge in [-0.05, 0) is 31.0 Å². The van der Waals surface area contributed by atoms with Crippen LogP contribution in [0, 0.1) is 24.0 Å². The van der Waals surface area contributed by atoms with E-state index in [1.165, 1.54) is 30.6 Å². The fraction of sp³-hybridized carbons (Fsp3) is 0.150. The van der Waals surface area contributed by atoms with Crippen molar-refractivity contribution in [2.75, 3.05) is 5.32 Å². The number of rotatable bonds is 7. The highest BCUT2D eigenvalue weighted by molar-refractivity contribution is 6.04. The van der Waals surface area contributed by atoms with E-state index in [0.29, 0.717) is 5.75 Å². The van der Waals surface area contributed by atoms with Crippen LogP contribution in [-0.4, -0.2) is 31.7 Å². The van der Waals surface area contributed by atoms with Crippen molar-refractivity contribution in [1.29, 1.82) is 0 Å². The van der Waals surface area contributed by atoms with Crippen LogP contribution < -0.4 is 10.1 Å². The Labute approximate surface area is 170 Å². The van der Waals surface area contributed by atoms with Gasteiger partial charge in [0, 0.05) is 18.3 Å². The monoisotopic (exact) mass is 410 g/mol. The largest absolute Gasteiger partial charge is 0.480 e. The van der Waals surface area contributed by atoms with Crippen LogP contribution >= 0.6 is 0 Å². The van der Waals surface area contributed by atoms with E-state index in [2.05, 4.69) is 10.4 Å². The van der Waals surface area contributed by atoms with Gasteiger partial charge in [0.1, 0.15) is 18.0 Å². The summed E-state index contributed by atoms with van der Waals surface area (Å²) in [5.41, 5.74) is 1.83. The van der Waals surface area contributed by atoms with E-state index in [0.717, 1.165) is 15.8 Å². The van der Waals surface area contributed by atoms with Gasteiger partial charge in [-0.3, -0.25) is 24.4 Å². The van der Waals surface area contributed by atoms with Crippen molar-refractivity contribution >= 4 is 23.3 Å². The fourth-order valence-electron chi connectivity index (χ4n) is 2.67. The second-order valence-corrected chi connectivity index (χ2v) is 6.62. The molecule has 1 heterocycles. The Hall–Kier alpha value is -4.21. The third kappa shape index (κ3) is 4.98. The van der Waals surface area contributed by atoms with E-state index in [9.17, 15) is 19.7 Å². The summed E-state index contributed by atoms with van der Waals surface area (Å²) >= 11 is 0. The molecule has 0 aliphatic heterocycles. The van der Waals surface area contributed by atoms with E-state index >= 15 is 0 Å². The number of hydrogen-bond acceptors (Lipinski definition) is 6. The van der Waals surface area contributed by atoms with Crippen LogP contribution in [0.25, 0.3) is 0 Å². The topological polar surface area (TPSA) is 137 Å². The molecule has 0 fully saturated rings. The van der Waals surface area contributed by atoms with Crippen LogP contribution in [0.5, 0.6) is 11.5 Å². The Bertz CT molecular complexity index is 1140. The maximum atomic E-state index is 12.4. The summed E-state index contributed by atoms with van der Waals surface area (Å²) in [5, 5.41) is 26.4. The SMILES string of the molecule is Cc1ccc(C)c(Oc2cc(NC(=O)c3cnn(CC(=O)O)c3)cc([N+](=O)[O-])c2)c1. The second-order valence-electron chi connectivity index (χ2n) is 6.62. The number of nitrogens with zero attached hydrogens (tertiary/aromatic N) is 3. The minimum absolute atomic E-state index is 0.111. The first-order valence-electron chi connectivity index (χ1n) is 8.81. The molecule has 3 rings (SSSR count). The lowest BCUT2D eigenvalue weighted by Crippen LogP contribution is -2.12. The summed E-state index contributed by atoms with van der Waals surface area (Å²) in [7, 11) is 0. The highest BCUT2D eigenvalue weighted by atomic mass is 16.6. The van der Waals surface area contributed by atoms with Crippen LogP contribution in [0.4, 0.5) is 11.4 Å². The maximum absolute atomic E-state index is 12.4. The van der Waals surface area contributed by atoms with Gasteiger partial charge in [0.2, 0.25) is 0 Å². The first kappa shape index (κ1) is 20.5. The molecule has 2 N–H and O–H groups in total. The molecule has 2 aromatic carbocycles. The Balaban J connectivity index is 1.86. The van der Waals surface area contributed by atoms with E-state index in [1.807, 2.05) is 32.0 Å². The zero-order valence-electron chi connectivity index (χ0n) is 16.2. The van der Waals surface area contributed by atoms with Crippen LogP contribution in [0.2, 0.25) is 0 Å². The number of benzene rings is 2. The average Bonchev–Trinajstić information content (AvgIpc) is 3.12. The van der Waals surface area contributed by atoms with Gasteiger partial charge in [-0.2, -0.15) is 5.10 Å². The number of carbonyl (C=O) groups is 2. The number of aliphatic carboxylic acids is 1. The Morgan fingerprint density at radius 1 is 1.23 bits per heavy atom. The Morgan fingerprint density at radius 2 is 2.00 bits per heavy atom. The zero-order valence-corrected chi connectivity index (χ0v) is 16.2. The van der Waals surface area contributed by atoms with E-state index in [-0.39, 0.29) is 22.7 Å². The third-order valence-corrected chi connectivity index (χ3v) is 4.12. The molecule has 0 aliphatic carbocycles. The molecule has 0 spiro atoms. The molecule has 1 aromatic heterocycles. The summed E-state index contributed by atoms with van der Waals surface area (Å²) in [6.45, 7) is 3.36. The fourth-order valence-corrected chi connectivity index (χ4v) is 2.67. The van der Waals surface area contributed by atoms with Crippen LogP contribution in [0.3, 0.4) is 0 Å². The average molecular weight is 410 g/mol. The van der Waals surface area contributed by atoms with Crippen LogP contribution in [0.1, 0.15) is 21.5 Å². The molecule has 3 aromatic rings. The number of ether oxygens (including phenoxy) is 1. The molecule has 10 nitrogen and oxygen atoms in total. The molecule has 0 saturated carbocycles. The zero-order chi connectivity index (χ0) is 21.8. The summed E-state index contributed by atoms with van der Waals surface area (Å²) in [5.74, 6) is -0.959. The van der Waals surface area contributed by atoms with Gasteiger partial charge in [0.05, 0.1) is 28.4 Å². The van der Waals surface area contributed by atoms with Crippen molar-refractivity contribution in [2.45, 2.75) is 20.4 Å². The number of hydrogen-bond donors (Lipinski definition) is 2. The van der Waals surface area contributed by atoms with Gasteiger partial charge < -0.3 is 15.2 Å². The molecule has 10 heteroatoms. The molecule has 0 bridgehead atoms. The molecule has 0 unspecified atom stereocenters. The first-order chi connectivity index (χ1) is 14.2. The lowest BCUT2D eigenvalue weighted by atomic mass is 10.1. The predicted octanol–water partition coefficient (Wildman–Crippen LogP) is 3.54. The number of anilines is 1. The lowest BCUT2D eigenvalue weighted by Gasteiger charge is -2.11. The number of carboxylic acid groups (broad SMARTS) is 1. The molecule has 154 valence electrons. The standard InChI is InChI=1S/C20H18N4O6/c1-12-3-4-13(2)18(5-12)30-17-7-15(6-16(8-17)24(28)29)22-20(27)14-9-21-23(10-14)11-19(25)26/h3-10H,11H2,1-2H3,(H,22,27)(H,25,26). The van der Waals surface area contributed by atoms with Crippen molar-refractivity contribution in [3.63, 3.8) is 0 Å². The number of nitro benzene ring substituents is 1. The summed E-state index contributed by atoms with van der Waals surface area (Å²) in [6.07, 6.45) is 2.48. The van der Waals surface area contributed by atoms with Crippen LogP contribution in [0.15, 0.2) is 48.8 Å². The van der Waals surface area contributed by atoms with Gasteiger partial charge >= 0.3 is 5.97 Å². The van der Waals surface area contributed by atoms with Crippen LogP contribution in [-0.2, 0) is 11.3 Å². The second kappa shape index (κ2) is 8.43. The third-order valence-electron chi connectivity index (χ3n) is 4.12. The number of non-ortho nitro benzene ring substituents is 1. The molecular weight excluding hydrogens is 392 g/mol. The molecule has 30 heavy (non-hydrogen) atoms. The minimum atomic E-state index is -1.10. The number of amides is 1. The highest BCUT2D eigenvalue weighted by Gasteiger charge is 2.16. The number of aromatic nitrogens is 2. The number of nitro groups is 1. The smallest absolute Gasteiger partial charge is 0.325 e. The normalized spacial score (nSPS) is 10.5. The summed E-state index contributed by atoms with van der Waals surface area (Å²) in [4.78, 5) is 33.9. The van der Waals surface area contributed by atoms with Crippen molar-refractivity contribution < 1.29 is 24.4 Å². The number of aryl methyl sites for hydroxylation is 2. The Kier molecular flexibility index (Phi) is 5.77. The van der Waals surface area contributed by atoms with Crippen molar-refractivity contribution in [3.8, 4) is 11.5 Å². The molecular formula is C20H18N4O6. The maximum Gasteiger partial charge on any atom is 0.325 e. The van der Waals surface area contributed by atoms with Crippen molar-refractivity contribution in [3.05, 3.63) is 75.6 Å². The van der Waals surface area contributed by atoms with Crippen molar-refractivity contribution in [2.24, 2.45) is 0 Å². The quantitative estimate of drug-likeness (QED) is 0.449. The lowest BCUT2D eigenvalue weighted by molar-refractivity contribution is -0.384. The van der Waals surface area contributed by atoms with Gasteiger partial charge in [-0.15, -0.1) is 0 Å². The Morgan fingerprint density at radius 3 is 2.70 bits per heavy atom. The van der Waals surface area contributed by atoms with E-state index < -0.39 is 23.3 Å².